The zero-order valence-corrected chi connectivity index (χ0v) is 13.1. The van der Waals surface area contributed by atoms with Gasteiger partial charge in [0.15, 0.2) is 0 Å². The zero-order valence-electron chi connectivity index (χ0n) is 12.3. The fraction of sp³-hybridized carbons (Fsp3) is 0. The molecular weight excluding hydrogens is 327 g/mol. The first-order valence-electron chi connectivity index (χ1n) is 7.18. The molecule has 0 saturated heterocycles. The topological polar surface area (TPSA) is 55.1 Å². The molecule has 0 fully saturated rings. The molecule has 2 aromatic heterocycles. The van der Waals surface area contributed by atoms with E-state index in [4.69, 9.17) is 0 Å². The average Bonchev–Trinajstić information content (AvgIpc) is 3.01. The molecule has 0 aliphatic carbocycles. The van der Waals surface area contributed by atoms with E-state index in [2.05, 4.69) is 4.98 Å². The summed E-state index contributed by atoms with van der Waals surface area (Å²) >= 11 is 1.24. The molecule has 6 heteroatoms. The standard InChI is InChI=1S/C18H11FN2O2S/c19-15-4-2-1-3-13(15)14-9-24-17-16(14)20-10-21(18(17)23)11-5-7-12(22)8-6-11/h1-10,22H. The maximum Gasteiger partial charge on any atom is 0.275 e. The van der Waals surface area contributed by atoms with Crippen molar-refractivity contribution >= 4 is 21.6 Å². The Labute approximate surface area is 140 Å². The van der Waals surface area contributed by atoms with Gasteiger partial charge in [0.05, 0.1) is 11.2 Å². The van der Waals surface area contributed by atoms with E-state index in [-0.39, 0.29) is 17.1 Å². The van der Waals surface area contributed by atoms with Gasteiger partial charge >= 0.3 is 0 Å². The van der Waals surface area contributed by atoms with Crippen LogP contribution in [-0.2, 0) is 0 Å². The highest BCUT2D eigenvalue weighted by Crippen LogP contribution is 2.32. The van der Waals surface area contributed by atoms with Crippen LogP contribution in [0.2, 0.25) is 0 Å². The molecule has 2 aromatic carbocycles. The lowest BCUT2D eigenvalue weighted by Crippen LogP contribution is -2.17. The molecule has 1 N–H and O–H groups in total. The van der Waals surface area contributed by atoms with Gasteiger partial charge in [-0.2, -0.15) is 0 Å². The van der Waals surface area contributed by atoms with Crippen LogP contribution in [0, 0.1) is 5.82 Å². The number of fused-ring (bicyclic) bond motifs is 1. The monoisotopic (exact) mass is 338 g/mol. The quantitative estimate of drug-likeness (QED) is 0.602. The predicted octanol–water partition coefficient (Wildman–Crippen LogP) is 3.96. The third kappa shape index (κ3) is 2.28. The molecule has 4 aromatic rings. The summed E-state index contributed by atoms with van der Waals surface area (Å²) < 4.78 is 15.9. The van der Waals surface area contributed by atoms with Gasteiger partial charge in [0, 0.05) is 16.5 Å². The van der Waals surface area contributed by atoms with Crippen molar-refractivity contribution in [1.82, 2.24) is 9.55 Å². The van der Waals surface area contributed by atoms with Crippen molar-refractivity contribution in [2.45, 2.75) is 0 Å². The maximum atomic E-state index is 14.0. The van der Waals surface area contributed by atoms with Gasteiger partial charge in [-0.05, 0) is 30.3 Å². The van der Waals surface area contributed by atoms with Gasteiger partial charge in [0.2, 0.25) is 0 Å². The summed E-state index contributed by atoms with van der Waals surface area (Å²) in [5.74, 6) is -0.222. The smallest absolute Gasteiger partial charge is 0.275 e. The first kappa shape index (κ1) is 14.6. The van der Waals surface area contributed by atoms with E-state index in [1.54, 1.807) is 35.7 Å². The molecule has 0 unspecified atom stereocenters. The van der Waals surface area contributed by atoms with E-state index < -0.39 is 0 Å². The number of hydrogen-bond donors (Lipinski definition) is 1. The third-order valence-electron chi connectivity index (χ3n) is 3.77. The van der Waals surface area contributed by atoms with Crippen molar-refractivity contribution in [3.05, 3.63) is 76.4 Å². The van der Waals surface area contributed by atoms with Crippen LogP contribution in [0.4, 0.5) is 4.39 Å². The normalized spacial score (nSPS) is 11.0. The fourth-order valence-electron chi connectivity index (χ4n) is 2.58. The first-order chi connectivity index (χ1) is 11.6. The second-order valence-corrected chi connectivity index (χ2v) is 6.12. The minimum absolute atomic E-state index is 0.124. The minimum Gasteiger partial charge on any atom is -0.508 e. The molecule has 118 valence electrons. The van der Waals surface area contributed by atoms with Gasteiger partial charge in [0.1, 0.15) is 22.6 Å². The van der Waals surface area contributed by atoms with Crippen molar-refractivity contribution in [2.75, 3.05) is 0 Å². The minimum atomic E-state index is -0.346. The SMILES string of the molecule is O=c1c2scc(-c3ccccc3F)c2ncn1-c1ccc(O)cc1. The zero-order chi connectivity index (χ0) is 16.7. The van der Waals surface area contributed by atoms with Crippen LogP contribution in [0.3, 0.4) is 0 Å². The van der Waals surface area contributed by atoms with Crippen molar-refractivity contribution in [2.24, 2.45) is 0 Å². The number of rotatable bonds is 2. The van der Waals surface area contributed by atoms with Crippen molar-refractivity contribution < 1.29 is 9.50 Å². The molecule has 0 radical (unpaired) electrons. The first-order valence-corrected chi connectivity index (χ1v) is 8.06. The fourth-order valence-corrected chi connectivity index (χ4v) is 3.52. The number of phenols is 1. The number of aromatic nitrogens is 2. The summed E-state index contributed by atoms with van der Waals surface area (Å²) in [6, 6.07) is 12.7. The maximum absolute atomic E-state index is 14.0. The molecule has 2 heterocycles. The van der Waals surface area contributed by atoms with Crippen LogP contribution in [0.5, 0.6) is 5.75 Å². The Morgan fingerprint density at radius 1 is 1.04 bits per heavy atom. The van der Waals surface area contributed by atoms with E-state index in [1.165, 1.54) is 40.4 Å². The van der Waals surface area contributed by atoms with Gasteiger partial charge in [0.25, 0.3) is 5.56 Å². The third-order valence-corrected chi connectivity index (χ3v) is 4.73. The number of benzene rings is 2. The summed E-state index contributed by atoms with van der Waals surface area (Å²) in [4.78, 5) is 17.1. The number of nitrogens with zero attached hydrogens (tertiary/aromatic N) is 2. The van der Waals surface area contributed by atoms with Gasteiger partial charge in [-0.1, -0.05) is 18.2 Å². The van der Waals surface area contributed by atoms with E-state index >= 15 is 0 Å². The van der Waals surface area contributed by atoms with Gasteiger partial charge < -0.3 is 5.11 Å². The molecule has 4 rings (SSSR count). The second kappa shape index (κ2) is 5.58. The van der Waals surface area contributed by atoms with Crippen LogP contribution in [0.1, 0.15) is 0 Å². The number of phenolic OH excluding ortho intramolecular Hbond substituents is 1. The van der Waals surface area contributed by atoms with Gasteiger partial charge in [-0.15, -0.1) is 11.3 Å². The molecule has 0 bridgehead atoms. The summed E-state index contributed by atoms with van der Waals surface area (Å²) in [6.07, 6.45) is 1.42. The number of thiophene rings is 1. The lowest BCUT2D eigenvalue weighted by molar-refractivity contribution is 0.475. The number of halogens is 1. The summed E-state index contributed by atoms with van der Waals surface area (Å²) in [5, 5.41) is 11.1. The van der Waals surface area contributed by atoms with E-state index in [1.807, 2.05) is 0 Å². The summed E-state index contributed by atoms with van der Waals surface area (Å²) in [7, 11) is 0. The molecule has 0 aliphatic heterocycles. The Hall–Kier alpha value is -2.99. The van der Waals surface area contributed by atoms with Crippen molar-refractivity contribution in [1.29, 1.82) is 0 Å². The van der Waals surface area contributed by atoms with Crippen LogP contribution >= 0.6 is 11.3 Å². The molecule has 0 aliphatic rings. The van der Waals surface area contributed by atoms with Crippen LogP contribution in [-0.4, -0.2) is 14.7 Å². The Morgan fingerprint density at radius 2 is 1.79 bits per heavy atom. The molecule has 0 atom stereocenters. The van der Waals surface area contributed by atoms with Crippen molar-refractivity contribution in [3.8, 4) is 22.6 Å². The van der Waals surface area contributed by atoms with Crippen LogP contribution < -0.4 is 5.56 Å². The van der Waals surface area contributed by atoms with Gasteiger partial charge in [-0.25, -0.2) is 9.37 Å². The molecule has 0 spiro atoms. The van der Waals surface area contributed by atoms with Crippen LogP contribution in [0.25, 0.3) is 27.0 Å². The van der Waals surface area contributed by atoms with E-state index in [9.17, 15) is 14.3 Å². The average molecular weight is 338 g/mol. The van der Waals surface area contributed by atoms with E-state index in [0.717, 1.165) is 0 Å². The highest BCUT2D eigenvalue weighted by molar-refractivity contribution is 7.17. The summed E-state index contributed by atoms with van der Waals surface area (Å²) in [5.41, 5.74) is 1.91. The predicted molar refractivity (Wildman–Crippen MR) is 92.3 cm³/mol. The number of hydrogen-bond acceptors (Lipinski definition) is 4. The Morgan fingerprint density at radius 3 is 2.54 bits per heavy atom. The highest BCUT2D eigenvalue weighted by Gasteiger charge is 2.15. The summed E-state index contributed by atoms with van der Waals surface area (Å²) in [6.45, 7) is 0. The van der Waals surface area contributed by atoms with Crippen molar-refractivity contribution in [3.63, 3.8) is 0 Å². The largest absolute Gasteiger partial charge is 0.508 e. The Bertz CT molecular complexity index is 1100. The second-order valence-electron chi connectivity index (χ2n) is 5.24. The molecule has 4 nitrogen and oxygen atoms in total. The van der Waals surface area contributed by atoms with Gasteiger partial charge in [-0.3, -0.25) is 9.36 Å². The molecular formula is C18H11FN2O2S. The molecule has 0 saturated carbocycles. The Kier molecular flexibility index (Phi) is 3.39. The molecule has 24 heavy (non-hydrogen) atoms. The lowest BCUT2D eigenvalue weighted by atomic mass is 10.1. The lowest BCUT2D eigenvalue weighted by Gasteiger charge is -2.06. The van der Waals surface area contributed by atoms with E-state index in [0.29, 0.717) is 27.0 Å². The number of aromatic hydroxyl groups is 1. The highest BCUT2D eigenvalue weighted by atomic mass is 32.1. The Balaban J connectivity index is 1.92. The van der Waals surface area contributed by atoms with Crippen LogP contribution in [0.15, 0.2) is 65.0 Å². The molecule has 0 amide bonds.